The first kappa shape index (κ1) is 16.2. The SMILES string of the molecule is COc1ccc(C(F)(F)F)cc1-c1cccc(Cl)c1C(=O)O. The van der Waals surface area contributed by atoms with Gasteiger partial charge in [0, 0.05) is 11.1 Å². The van der Waals surface area contributed by atoms with Crippen molar-refractivity contribution >= 4 is 17.6 Å². The second kappa shape index (κ2) is 5.88. The van der Waals surface area contributed by atoms with E-state index in [1.807, 2.05) is 0 Å². The predicted octanol–water partition coefficient (Wildman–Crippen LogP) is 4.73. The molecule has 2 aromatic rings. The summed E-state index contributed by atoms with van der Waals surface area (Å²) in [4.78, 5) is 11.3. The van der Waals surface area contributed by atoms with Gasteiger partial charge in [0.05, 0.1) is 23.3 Å². The third-order valence-electron chi connectivity index (χ3n) is 3.04. The van der Waals surface area contributed by atoms with Crippen LogP contribution < -0.4 is 4.74 Å². The molecule has 7 heteroatoms. The predicted molar refractivity (Wildman–Crippen MR) is 75.4 cm³/mol. The maximum absolute atomic E-state index is 12.9. The average molecular weight is 331 g/mol. The molecule has 0 aliphatic rings. The number of carbonyl (C=O) groups is 1. The van der Waals surface area contributed by atoms with Gasteiger partial charge in [-0.05, 0) is 24.3 Å². The molecule has 3 nitrogen and oxygen atoms in total. The lowest BCUT2D eigenvalue weighted by Gasteiger charge is -2.15. The van der Waals surface area contributed by atoms with Crippen LogP contribution >= 0.6 is 11.6 Å². The van der Waals surface area contributed by atoms with E-state index >= 15 is 0 Å². The zero-order valence-electron chi connectivity index (χ0n) is 11.2. The van der Waals surface area contributed by atoms with E-state index in [0.29, 0.717) is 0 Å². The van der Waals surface area contributed by atoms with E-state index in [1.165, 1.54) is 25.3 Å². The third kappa shape index (κ3) is 3.01. The summed E-state index contributed by atoms with van der Waals surface area (Å²) in [5, 5.41) is 9.19. The van der Waals surface area contributed by atoms with Crippen LogP contribution in [0.25, 0.3) is 11.1 Å². The quantitative estimate of drug-likeness (QED) is 0.884. The van der Waals surface area contributed by atoms with Gasteiger partial charge in [0.2, 0.25) is 0 Å². The summed E-state index contributed by atoms with van der Waals surface area (Å²) in [6.07, 6.45) is -4.55. The molecule has 22 heavy (non-hydrogen) atoms. The molecule has 0 heterocycles. The second-order valence-corrected chi connectivity index (χ2v) is 4.79. The highest BCUT2D eigenvalue weighted by Crippen LogP contribution is 2.39. The first-order valence-electron chi connectivity index (χ1n) is 6.03. The van der Waals surface area contributed by atoms with Crippen molar-refractivity contribution in [3.63, 3.8) is 0 Å². The molecule has 0 aliphatic carbocycles. The Morgan fingerprint density at radius 1 is 1.18 bits per heavy atom. The molecule has 0 bridgehead atoms. The number of hydrogen-bond donors (Lipinski definition) is 1. The van der Waals surface area contributed by atoms with Crippen LogP contribution in [-0.4, -0.2) is 18.2 Å². The minimum Gasteiger partial charge on any atom is -0.496 e. The lowest BCUT2D eigenvalue weighted by molar-refractivity contribution is -0.137. The van der Waals surface area contributed by atoms with E-state index in [-0.39, 0.29) is 27.5 Å². The van der Waals surface area contributed by atoms with Crippen molar-refractivity contribution in [2.75, 3.05) is 7.11 Å². The Morgan fingerprint density at radius 3 is 2.41 bits per heavy atom. The number of carboxylic acids is 1. The molecule has 0 fully saturated rings. The van der Waals surface area contributed by atoms with Crippen LogP contribution in [-0.2, 0) is 6.18 Å². The topological polar surface area (TPSA) is 46.5 Å². The Hall–Kier alpha value is -2.21. The van der Waals surface area contributed by atoms with Crippen LogP contribution in [0, 0.1) is 0 Å². The lowest BCUT2D eigenvalue weighted by Crippen LogP contribution is -2.06. The maximum Gasteiger partial charge on any atom is 0.416 e. The zero-order valence-corrected chi connectivity index (χ0v) is 12.0. The van der Waals surface area contributed by atoms with Crippen molar-refractivity contribution in [2.24, 2.45) is 0 Å². The molecule has 0 aromatic heterocycles. The van der Waals surface area contributed by atoms with E-state index < -0.39 is 17.7 Å². The normalized spacial score (nSPS) is 11.3. The molecule has 116 valence electrons. The highest BCUT2D eigenvalue weighted by atomic mass is 35.5. The largest absolute Gasteiger partial charge is 0.496 e. The number of carboxylic acid groups (broad SMARTS) is 1. The summed E-state index contributed by atoms with van der Waals surface area (Å²) in [5.74, 6) is -1.21. The molecule has 2 aromatic carbocycles. The Kier molecular flexibility index (Phi) is 4.32. The van der Waals surface area contributed by atoms with Gasteiger partial charge in [-0.1, -0.05) is 23.7 Å². The van der Waals surface area contributed by atoms with Crippen molar-refractivity contribution in [1.29, 1.82) is 0 Å². The van der Waals surface area contributed by atoms with Gasteiger partial charge in [-0.15, -0.1) is 0 Å². The van der Waals surface area contributed by atoms with Gasteiger partial charge >= 0.3 is 12.1 Å². The van der Waals surface area contributed by atoms with Gasteiger partial charge in [0.25, 0.3) is 0 Å². The van der Waals surface area contributed by atoms with Crippen molar-refractivity contribution in [3.8, 4) is 16.9 Å². The maximum atomic E-state index is 12.9. The fraction of sp³-hybridized carbons (Fsp3) is 0.133. The number of alkyl halides is 3. The standard InChI is InChI=1S/C15H10ClF3O3/c1-22-12-6-5-8(15(17,18)19)7-10(12)9-3-2-4-11(16)13(9)14(20)21/h2-7H,1H3,(H,20,21). The van der Waals surface area contributed by atoms with Crippen LogP contribution in [0.15, 0.2) is 36.4 Å². The number of rotatable bonds is 3. The zero-order chi connectivity index (χ0) is 16.5. The van der Waals surface area contributed by atoms with Crippen molar-refractivity contribution in [3.05, 3.63) is 52.5 Å². The Balaban J connectivity index is 2.76. The van der Waals surface area contributed by atoms with Gasteiger partial charge in [-0.2, -0.15) is 13.2 Å². The molecule has 0 aliphatic heterocycles. The number of halogens is 4. The molecule has 0 saturated heterocycles. The van der Waals surface area contributed by atoms with Crippen LogP contribution in [0.4, 0.5) is 13.2 Å². The van der Waals surface area contributed by atoms with E-state index in [2.05, 4.69) is 0 Å². The number of benzene rings is 2. The second-order valence-electron chi connectivity index (χ2n) is 4.38. The first-order chi connectivity index (χ1) is 10.3. The number of aromatic carboxylic acids is 1. The molecule has 0 spiro atoms. The summed E-state index contributed by atoms with van der Waals surface area (Å²) in [5.41, 5.74) is -1.11. The van der Waals surface area contributed by atoms with Gasteiger partial charge < -0.3 is 9.84 Å². The fourth-order valence-electron chi connectivity index (χ4n) is 2.06. The summed E-state index contributed by atoms with van der Waals surface area (Å²) in [6.45, 7) is 0. The monoisotopic (exact) mass is 330 g/mol. The smallest absolute Gasteiger partial charge is 0.416 e. The first-order valence-corrected chi connectivity index (χ1v) is 6.41. The van der Waals surface area contributed by atoms with Crippen LogP contribution in [0.5, 0.6) is 5.75 Å². The van der Waals surface area contributed by atoms with Crippen molar-refractivity contribution in [1.82, 2.24) is 0 Å². The Morgan fingerprint density at radius 2 is 1.86 bits per heavy atom. The van der Waals surface area contributed by atoms with Crippen LogP contribution in [0.3, 0.4) is 0 Å². The summed E-state index contributed by atoms with van der Waals surface area (Å²) in [6, 6.07) is 7.06. The van der Waals surface area contributed by atoms with Crippen molar-refractivity contribution < 1.29 is 27.8 Å². The minimum absolute atomic E-state index is 0.0113. The minimum atomic E-state index is -4.55. The van der Waals surface area contributed by atoms with Crippen LogP contribution in [0.1, 0.15) is 15.9 Å². The molecule has 1 N–H and O–H groups in total. The molecular weight excluding hydrogens is 321 g/mol. The molecule has 0 atom stereocenters. The van der Waals surface area contributed by atoms with Crippen LogP contribution in [0.2, 0.25) is 5.02 Å². The molecular formula is C15H10ClF3O3. The third-order valence-corrected chi connectivity index (χ3v) is 3.36. The molecule has 0 radical (unpaired) electrons. The highest BCUT2D eigenvalue weighted by Gasteiger charge is 2.32. The van der Waals surface area contributed by atoms with E-state index in [0.717, 1.165) is 18.2 Å². The van der Waals surface area contributed by atoms with Gasteiger partial charge in [-0.25, -0.2) is 4.79 Å². The summed E-state index contributed by atoms with van der Waals surface area (Å²) < 4.78 is 43.7. The summed E-state index contributed by atoms with van der Waals surface area (Å²) >= 11 is 5.86. The molecule has 0 saturated carbocycles. The van der Waals surface area contributed by atoms with Crippen molar-refractivity contribution in [2.45, 2.75) is 6.18 Å². The fourth-order valence-corrected chi connectivity index (χ4v) is 2.32. The Bertz CT molecular complexity index is 726. The average Bonchev–Trinajstić information content (AvgIpc) is 2.44. The molecule has 0 unspecified atom stereocenters. The highest BCUT2D eigenvalue weighted by molar-refractivity contribution is 6.34. The summed E-state index contributed by atoms with van der Waals surface area (Å²) in [7, 11) is 1.29. The Labute approximate surface area is 128 Å². The number of hydrogen-bond acceptors (Lipinski definition) is 2. The van der Waals surface area contributed by atoms with E-state index in [4.69, 9.17) is 16.3 Å². The van der Waals surface area contributed by atoms with Gasteiger partial charge in [-0.3, -0.25) is 0 Å². The van der Waals surface area contributed by atoms with E-state index in [1.54, 1.807) is 0 Å². The van der Waals surface area contributed by atoms with E-state index in [9.17, 15) is 23.1 Å². The number of methoxy groups -OCH3 is 1. The number of ether oxygens (including phenoxy) is 1. The van der Waals surface area contributed by atoms with Gasteiger partial charge in [0.1, 0.15) is 5.75 Å². The molecule has 2 rings (SSSR count). The van der Waals surface area contributed by atoms with Gasteiger partial charge in [0.15, 0.2) is 0 Å². The molecule has 0 amide bonds. The lowest BCUT2D eigenvalue weighted by atomic mass is 9.97.